The molecule has 0 fully saturated rings. The highest BCUT2D eigenvalue weighted by Gasteiger charge is 2.14. The van der Waals surface area contributed by atoms with Gasteiger partial charge in [0.25, 0.3) is 5.91 Å². The lowest BCUT2D eigenvalue weighted by Gasteiger charge is -2.17. The number of hydrogen-bond donors (Lipinski definition) is 1. The van der Waals surface area contributed by atoms with Crippen molar-refractivity contribution in [1.29, 1.82) is 0 Å². The number of nitrogens with one attached hydrogen (secondary N) is 1. The van der Waals surface area contributed by atoms with Crippen LogP contribution in [-0.2, 0) is 0 Å². The molecular weight excluding hydrogens is 361 g/mol. The van der Waals surface area contributed by atoms with E-state index in [9.17, 15) is 4.79 Å². The van der Waals surface area contributed by atoms with Crippen LogP contribution in [-0.4, -0.2) is 5.91 Å². The fourth-order valence-corrected chi connectivity index (χ4v) is 2.94. The molecule has 0 aliphatic carbocycles. The van der Waals surface area contributed by atoms with Crippen molar-refractivity contribution in [1.82, 2.24) is 5.32 Å². The summed E-state index contributed by atoms with van der Waals surface area (Å²) in [6.07, 6.45) is 0. The molecule has 0 bridgehead atoms. The van der Waals surface area contributed by atoms with Gasteiger partial charge in [0.1, 0.15) is 0 Å². The van der Waals surface area contributed by atoms with Crippen molar-refractivity contribution in [3.8, 4) is 0 Å². The summed E-state index contributed by atoms with van der Waals surface area (Å²) in [7, 11) is 0. The number of hydrogen-bond acceptors (Lipinski definition) is 1. The lowest BCUT2D eigenvalue weighted by molar-refractivity contribution is 0.0939. The molecule has 0 spiro atoms. The molecule has 0 heterocycles. The highest BCUT2D eigenvalue weighted by atomic mass is 127. The molecule has 0 unspecified atom stereocenters. The Labute approximate surface area is 133 Å². The number of aryl methyl sites for hydroxylation is 2. The second-order valence-corrected chi connectivity index (χ2v) is 6.20. The summed E-state index contributed by atoms with van der Waals surface area (Å²) in [5.74, 6) is -0.0255. The van der Waals surface area contributed by atoms with E-state index in [1.807, 2.05) is 31.2 Å². The Morgan fingerprint density at radius 2 is 1.85 bits per heavy atom. The van der Waals surface area contributed by atoms with E-state index in [1.54, 1.807) is 0 Å². The lowest BCUT2D eigenvalue weighted by Crippen LogP contribution is -2.27. The van der Waals surface area contributed by atoms with Crippen LogP contribution >= 0.6 is 22.6 Å². The zero-order valence-corrected chi connectivity index (χ0v) is 14.1. The molecule has 0 aliphatic heterocycles. The SMILES string of the molecule is Cc1ccc([C@H](C)NC(=O)c2ccccc2I)c(C)c1. The van der Waals surface area contributed by atoms with Crippen molar-refractivity contribution in [3.63, 3.8) is 0 Å². The Hall–Kier alpha value is -1.36. The molecule has 0 saturated carbocycles. The van der Waals surface area contributed by atoms with E-state index < -0.39 is 0 Å². The maximum atomic E-state index is 12.3. The minimum Gasteiger partial charge on any atom is -0.345 e. The van der Waals surface area contributed by atoms with E-state index in [2.05, 4.69) is 60.0 Å². The predicted octanol–water partition coefficient (Wildman–Crippen LogP) is 4.40. The molecule has 1 N–H and O–H groups in total. The minimum atomic E-state index is -0.0255. The second-order valence-electron chi connectivity index (χ2n) is 5.04. The number of carbonyl (C=O) groups excluding carboxylic acids is 1. The van der Waals surface area contributed by atoms with Crippen LogP contribution in [0.4, 0.5) is 0 Å². The van der Waals surface area contributed by atoms with E-state index in [0.29, 0.717) is 0 Å². The largest absolute Gasteiger partial charge is 0.345 e. The molecule has 104 valence electrons. The summed E-state index contributed by atoms with van der Waals surface area (Å²) in [6.45, 7) is 6.18. The van der Waals surface area contributed by atoms with Crippen molar-refractivity contribution in [2.24, 2.45) is 0 Å². The Balaban J connectivity index is 2.17. The third-order valence-corrected chi connectivity index (χ3v) is 4.30. The molecule has 0 radical (unpaired) electrons. The molecule has 1 atom stereocenters. The van der Waals surface area contributed by atoms with Crippen LogP contribution in [0.15, 0.2) is 42.5 Å². The van der Waals surface area contributed by atoms with Crippen molar-refractivity contribution >= 4 is 28.5 Å². The van der Waals surface area contributed by atoms with Crippen molar-refractivity contribution in [2.75, 3.05) is 0 Å². The van der Waals surface area contributed by atoms with Gasteiger partial charge in [0.2, 0.25) is 0 Å². The molecule has 0 aromatic heterocycles. The zero-order valence-electron chi connectivity index (χ0n) is 11.9. The first kappa shape index (κ1) is 15.0. The maximum Gasteiger partial charge on any atom is 0.252 e. The Morgan fingerprint density at radius 1 is 1.15 bits per heavy atom. The molecule has 0 saturated heterocycles. The van der Waals surface area contributed by atoms with Gasteiger partial charge in [0.05, 0.1) is 11.6 Å². The Bertz CT molecular complexity index is 637. The maximum absolute atomic E-state index is 12.3. The highest BCUT2D eigenvalue weighted by molar-refractivity contribution is 14.1. The first-order chi connectivity index (χ1) is 9.49. The highest BCUT2D eigenvalue weighted by Crippen LogP contribution is 2.20. The van der Waals surface area contributed by atoms with Gasteiger partial charge in [-0.2, -0.15) is 0 Å². The average Bonchev–Trinajstić information content (AvgIpc) is 2.38. The molecule has 2 aromatic rings. The number of amides is 1. The van der Waals surface area contributed by atoms with E-state index in [1.165, 1.54) is 11.1 Å². The van der Waals surface area contributed by atoms with Crippen LogP contribution in [0.5, 0.6) is 0 Å². The van der Waals surface area contributed by atoms with Gasteiger partial charge in [0, 0.05) is 3.57 Å². The lowest BCUT2D eigenvalue weighted by atomic mass is 10.00. The first-order valence-electron chi connectivity index (χ1n) is 6.61. The van der Waals surface area contributed by atoms with Crippen molar-refractivity contribution in [2.45, 2.75) is 26.8 Å². The quantitative estimate of drug-likeness (QED) is 0.787. The number of rotatable bonds is 3. The average molecular weight is 379 g/mol. The third-order valence-electron chi connectivity index (χ3n) is 3.36. The van der Waals surface area contributed by atoms with Gasteiger partial charge in [-0.1, -0.05) is 35.9 Å². The predicted molar refractivity (Wildman–Crippen MR) is 91.0 cm³/mol. The van der Waals surface area contributed by atoms with Crippen LogP contribution < -0.4 is 5.32 Å². The van der Waals surface area contributed by atoms with Gasteiger partial charge < -0.3 is 5.32 Å². The first-order valence-corrected chi connectivity index (χ1v) is 7.69. The van der Waals surface area contributed by atoms with Gasteiger partial charge in [-0.25, -0.2) is 0 Å². The van der Waals surface area contributed by atoms with Gasteiger partial charge in [0.15, 0.2) is 0 Å². The summed E-state index contributed by atoms with van der Waals surface area (Å²) in [4.78, 5) is 12.3. The Kier molecular flexibility index (Phi) is 4.81. The smallest absolute Gasteiger partial charge is 0.252 e. The summed E-state index contributed by atoms with van der Waals surface area (Å²) in [5.41, 5.74) is 4.34. The number of carbonyl (C=O) groups is 1. The van der Waals surface area contributed by atoms with Crippen LogP contribution in [0, 0.1) is 17.4 Å². The van der Waals surface area contributed by atoms with Crippen LogP contribution in [0.1, 0.15) is 40.0 Å². The fraction of sp³-hybridized carbons (Fsp3) is 0.235. The standard InChI is InChI=1S/C17H18INO/c1-11-8-9-14(12(2)10-11)13(3)19-17(20)15-6-4-5-7-16(15)18/h4-10,13H,1-3H3,(H,19,20)/t13-/m0/s1. The summed E-state index contributed by atoms with van der Waals surface area (Å²) in [6, 6.07) is 13.9. The van der Waals surface area contributed by atoms with Gasteiger partial charge in [-0.05, 0) is 66.6 Å². The van der Waals surface area contributed by atoms with E-state index in [0.717, 1.165) is 14.7 Å². The third kappa shape index (κ3) is 3.39. The van der Waals surface area contributed by atoms with E-state index in [4.69, 9.17) is 0 Å². The summed E-state index contributed by atoms with van der Waals surface area (Å²) >= 11 is 2.19. The van der Waals surface area contributed by atoms with Crippen molar-refractivity contribution in [3.05, 3.63) is 68.3 Å². The molecular formula is C17H18INO. The summed E-state index contributed by atoms with van der Waals surface area (Å²) < 4.78 is 0.968. The van der Waals surface area contributed by atoms with Crippen molar-refractivity contribution < 1.29 is 4.79 Å². The van der Waals surface area contributed by atoms with Crippen LogP contribution in [0.25, 0.3) is 0 Å². The summed E-state index contributed by atoms with van der Waals surface area (Å²) in [5, 5.41) is 3.07. The van der Waals surface area contributed by atoms with Gasteiger partial charge in [-0.3, -0.25) is 4.79 Å². The molecule has 2 nitrogen and oxygen atoms in total. The van der Waals surface area contributed by atoms with Gasteiger partial charge >= 0.3 is 0 Å². The molecule has 3 heteroatoms. The topological polar surface area (TPSA) is 29.1 Å². The van der Waals surface area contributed by atoms with E-state index >= 15 is 0 Å². The molecule has 2 aromatic carbocycles. The molecule has 20 heavy (non-hydrogen) atoms. The van der Waals surface area contributed by atoms with Crippen LogP contribution in [0.2, 0.25) is 0 Å². The fourth-order valence-electron chi connectivity index (χ4n) is 2.31. The minimum absolute atomic E-state index is 0.000828. The van der Waals surface area contributed by atoms with Gasteiger partial charge in [-0.15, -0.1) is 0 Å². The number of benzene rings is 2. The Morgan fingerprint density at radius 3 is 2.50 bits per heavy atom. The number of halogens is 1. The van der Waals surface area contributed by atoms with Crippen LogP contribution in [0.3, 0.4) is 0 Å². The van der Waals surface area contributed by atoms with E-state index in [-0.39, 0.29) is 11.9 Å². The molecule has 0 aliphatic rings. The zero-order chi connectivity index (χ0) is 14.7. The molecule has 2 rings (SSSR count). The normalized spacial score (nSPS) is 12.0. The monoisotopic (exact) mass is 379 g/mol. The second kappa shape index (κ2) is 6.39. The molecule has 1 amide bonds.